The Balaban J connectivity index is 2.64. The van der Waals surface area contributed by atoms with Crippen LogP contribution in [0.1, 0.15) is 16.2 Å². The Morgan fingerprint density at radius 1 is 1.53 bits per heavy atom. The summed E-state index contributed by atoms with van der Waals surface area (Å²) in [6.07, 6.45) is 0. The summed E-state index contributed by atoms with van der Waals surface area (Å²) in [7, 11) is 0. The second kappa shape index (κ2) is 4.12. The molecule has 1 N–H and O–H groups in total. The predicted molar refractivity (Wildman–Crippen MR) is 58.1 cm³/mol. The normalized spacial score (nSPS) is 10.8. The van der Waals surface area contributed by atoms with E-state index in [1.54, 1.807) is 18.2 Å². The zero-order valence-electron chi connectivity index (χ0n) is 7.74. The van der Waals surface area contributed by atoms with E-state index in [1.807, 2.05) is 0 Å². The quantitative estimate of drug-likeness (QED) is 0.683. The molecule has 0 spiro atoms. The van der Waals surface area contributed by atoms with Crippen LogP contribution in [0.3, 0.4) is 0 Å². The van der Waals surface area contributed by atoms with E-state index in [-0.39, 0.29) is 23.6 Å². The molecule has 2 rings (SSSR count). The number of rotatable bonds is 3. The third-order valence-corrected chi connectivity index (χ3v) is 2.53. The fourth-order valence-corrected chi connectivity index (χ4v) is 1.66. The Hall–Kier alpha value is -1.20. The first kappa shape index (κ1) is 10.3. The average Bonchev–Trinajstić information content (AvgIpc) is 2.70. The molecule has 0 saturated carbocycles. The summed E-state index contributed by atoms with van der Waals surface area (Å²) in [6.45, 7) is -0.267. The van der Waals surface area contributed by atoms with E-state index in [1.165, 1.54) is 0 Å². The van der Waals surface area contributed by atoms with Gasteiger partial charge in [-0.1, -0.05) is 22.0 Å². The van der Waals surface area contributed by atoms with Gasteiger partial charge in [-0.05, 0) is 12.1 Å². The van der Waals surface area contributed by atoms with Crippen LogP contribution in [0.15, 0.2) is 22.6 Å². The van der Waals surface area contributed by atoms with Gasteiger partial charge in [-0.15, -0.1) is 0 Å². The van der Waals surface area contributed by atoms with Crippen molar-refractivity contribution in [3.05, 3.63) is 29.7 Å². The largest absolute Gasteiger partial charge is 0.438 e. The third kappa shape index (κ3) is 1.80. The molecule has 0 aliphatic rings. The average molecular weight is 270 g/mol. The first-order valence-corrected chi connectivity index (χ1v) is 5.47. The third-order valence-electron chi connectivity index (χ3n) is 2.02. The molecule has 0 radical (unpaired) electrons. The minimum Gasteiger partial charge on any atom is -0.438 e. The van der Waals surface area contributed by atoms with Gasteiger partial charge < -0.3 is 9.52 Å². The fourth-order valence-electron chi connectivity index (χ4n) is 1.36. The summed E-state index contributed by atoms with van der Waals surface area (Å²) in [5.74, 6) is 0.165. The molecule has 2 aromatic rings. The number of carbonyl (C=O) groups is 1. The van der Waals surface area contributed by atoms with Gasteiger partial charge in [0.15, 0.2) is 11.4 Å². The van der Waals surface area contributed by atoms with Crippen molar-refractivity contribution in [1.29, 1.82) is 0 Å². The highest BCUT2D eigenvalue weighted by atomic mass is 79.9. The highest BCUT2D eigenvalue weighted by molar-refractivity contribution is 9.09. The molecule has 78 valence electrons. The lowest BCUT2D eigenvalue weighted by atomic mass is 10.1. The topological polar surface area (TPSA) is 63.3 Å². The van der Waals surface area contributed by atoms with Crippen LogP contribution in [-0.2, 0) is 6.61 Å². The summed E-state index contributed by atoms with van der Waals surface area (Å²) < 4.78 is 5.22. The van der Waals surface area contributed by atoms with Gasteiger partial charge in [-0.3, -0.25) is 4.79 Å². The van der Waals surface area contributed by atoms with Crippen molar-refractivity contribution in [2.45, 2.75) is 6.61 Å². The monoisotopic (exact) mass is 269 g/mol. The predicted octanol–water partition coefficient (Wildman–Crippen LogP) is 1.90. The number of benzene rings is 1. The molecular weight excluding hydrogens is 262 g/mol. The molecule has 0 fully saturated rings. The van der Waals surface area contributed by atoms with Gasteiger partial charge >= 0.3 is 0 Å². The molecule has 4 nitrogen and oxygen atoms in total. The van der Waals surface area contributed by atoms with E-state index in [0.717, 1.165) is 0 Å². The number of aliphatic hydroxyl groups excluding tert-OH is 1. The lowest BCUT2D eigenvalue weighted by Gasteiger charge is -1.95. The fraction of sp³-hybridized carbons (Fsp3) is 0.200. The molecule has 0 aliphatic carbocycles. The molecule has 0 bridgehead atoms. The number of hydrogen-bond donors (Lipinski definition) is 1. The van der Waals surface area contributed by atoms with Crippen LogP contribution in [0.25, 0.3) is 11.1 Å². The van der Waals surface area contributed by atoms with E-state index in [0.29, 0.717) is 16.7 Å². The van der Waals surface area contributed by atoms with E-state index >= 15 is 0 Å². The number of halogens is 1. The van der Waals surface area contributed by atoms with E-state index < -0.39 is 0 Å². The SMILES string of the molecule is O=C(CBr)c1cccc2oc(CO)nc12. The van der Waals surface area contributed by atoms with Gasteiger partial charge in [0.2, 0.25) is 5.89 Å². The summed E-state index contributed by atoms with van der Waals surface area (Å²) in [5.41, 5.74) is 1.53. The van der Waals surface area contributed by atoms with Crippen molar-refractivity contribution in [2.24, 2.45) is 0 Å². The maximum absolute atomic E-state index is 11.5. The lowest BCUT2D eigenvalue weighted by molar-refractivity contribution is 0.102. The van der Waals surface area contributed by atoms with Gasteiger partial charge in [0.25, 0.3) is 0 Å². The highest BCUT2D eigenvalue weighted by Crippen LogP contribution is 2.20. The molecule has 0 saturated heterocycles. The molecule has 1 aromatic carbocycles. The Labute approximate surface area is 94.0 Å². The Kier molecular flexibility index (Phi) is 2.83. The minimum absolute atomic E-state index is 0.0570. The second-order valence-electron chi connectivity index (χ2n) is 2.97. The van der Waals surface area contributed by atoms with E-state index in [4.69, 9.17) is 9.52 Å². The summed E-state index contributed by atoms with van der Waals surface area (Å²) in [5, 5.41) is 9.12. The Morgan fingerprint density at radius 2 is 2.33 bits per heavy atom. The van der Waals surface area contributed by atoms with Crippen LogP contribution < -0.4 is 0 Å². The van der Waals surface area contributed by atoms with Crippen molar-refractivity contribution in [3.8, 4) is 0 Å². The number of hydrogen-bond acceptors (Lipinski definition) is 4. The number of aromatic nitrogens is 1. The Morgan fingerprint density at radius 3 is 3.00 bits per heavy atom. The number of oxazole rings is 1. The number of aliphatic hydroxyl groups is 1. The van der Waals surface area contributed by atoms with Crippen molar-refractivity contribution in [3.63, 3.8) is 0 Å². The van der Waals surface area contributed by atoms with E-state index in [9.17, 15) is 4.79 Å². The number of fused-ring (bicyclic) bond motifs is 1. The van der Waals surface area contributed by atoms with Crippen molar-refractivity contribution >= 4 is 32.8 Å². The number of para-hydroxylation sites is 1. The van der Waals surface area contributed by atoms with Gasteiger partial charge in [0, 0.05) is 5.56 Å². The molecule has 0 unspecified atom stereocenters. The second-order valence-corrected chi connectivity index (χ2v) is 3.54. The number of ketones is 1. The molecule has 15 heavy (non-hydrogen) atoms. The molecular formula is C10H8BrNO3. The molecule has 1 heterocycles. The van der Waals surface area contributed by atoms with Crippen LogP contribution in [0.2, 0.25) is 0 Å². The van der Waals surface area contributed by atoms with Crippen LogP contribution in [0.5, 0.6) is 0 Å². The lowest BCUT2D eigenvalue weighted by Crippen LogP contribution is -2.00. The van der Waals surface area contributed by atoms with Crippen molar-refractivity contribution in [2.75, 3.05) is 5.33 Å². The smallest absolute Gasteiger partial charge is 0.221 e. The number of carbonyl (C=O) groups excluding carboxylic acids is 1. The van der Waals surface area contributed by atoms with Crippen molar-refractivity contribution in [1.82, 2.24) is 4.98 Å². The van der Waals surface area contributed by atoms with Crippen LogP contribution in [-0.4, -0.2) is 21.2 Å². The maximum Gasteiger partial charge on any atom is 0.221 e. The first-order valence-electron chi connectivity index (χ1n) is 4.34. The maximum atomic E-state index is 11.5. The van der Waals surface area contributed by atoms with Gasteiger partial charge in [-0.25, -0.2) is 4.98 Å². The molecule has 0 atom stereocenters. The van der Waals surface area contributed by atoms with Crippen LogP contribution >= 0.6 is 15.9 Å². The van der Waals surface area contributed by atoms with Crippen LogP contribution in [0, 0.1) is 0 Å². The standard InChI is InChI=1S/C10H8BrNO3/c11-4-7(14)6-2-1-3-8-10(6)12-9(5-13)15-8/h1-3,13H,4-5H2. The molecule has 1 aromatic heterocycles. The first-order chi connectivity index (χ1) is 7.26. The molecule has 0 aliphatic heterocycles. The Bertz CT molecular complexity index is 506. The minimum atomic E-state index is -0.267. The number of Topliss-reactive ketones (excluding diaryl/α,β-unsaturated/α-hetero) is 1. The number of alkyl halides is 1. The van der Waals surface area contributed by atoms with Gasteiger partial charge in [-0.2, -0.15) is 0 Å². The zero-order valence-corrected chi connectivity index (χ0v) is 9.32. The van der Waals surface area contributed by atoms with E-state index in [2.05, 4.69) is 20.9 Å². The summed E-state index contributed by atoms with van der Waals surface area (Å²) >= 11 is 3.10. The highest BCUT2D eigenvalue weighted by Gasteiger charge is 2.13. The molecule has 5 heteroatoms. The summed E-state index contributed by atoms with van der Waals surface area (Å²) in [4.78, 5) is 15.6. The van der Waals surface area contributed by atoms with Crippen LogP contribution in [0.4, 0.5) is 0 Å². The zero-order chi connectivity index (χ0) is 10.8. The summed E-state index contributed by atoms with van der Waals surface area (Å²) in [6, 6.07) is 5.13. The molecule has 0 amide bonds. The number of nitrogens with zero attached hydrogens (tertiary/aromatic N) is 1. The van der Waals surface area contributed by atoms with Gasteiger partial charge in [0.1, 0.15) is 12.1 Å². The van der Waals surface area contributed by atoms with Gasteiger partial charge in [0.05, 0.1) is 5.33 Å². The van der Waals surface area contributed by atoms with Crippen molar-refractivity contribution < 1.29 is 14.3 Å².